The molecule has 1 aromatic carbocycles. The van der Waals surface area contributed by atoms with E-state index in [1.54, 1.807) is 6.20 Å². The molecule has 1 aliphatic rings. The third-order valence-corrected chi connectivity index (χ3v) is 2.00. The van der Waals surface area contributed by atoms with E-state index in [0.29, 0.717) is 6.54 Å². The fourth-order valence-electron chi connectivity index (χ4n) is 1.39. The maximum Gasteiger partial charge on any atom is 0.530 e. The third-order valence-electron chi connectivity index (χ3n) is 2.00. The van der Waals surface area contributed by atoms with Gasteiger partial charge in [-0.2, -0.15) is 0 Å². The van der Waals surface area contributed by atoms with Gasteiger partial charge in [0.05, 0.1) is 6.54 Å². The summed E-state index contributed by atoms with van der Waals surface area (Å²) in [6, 6.07) is 7.77. The first-order valence-corrected chi connectivity index (χ1v) is 4.19. The Bertz CT molecular complexity index is 387. The van der Waals surface area contributed by atoms with E-state index in [1.807, 2.05) is 30.3 Å². The molecule has 0 saturated carbocycles. The SMILES string of the molecule is O=C(O)ON1C=Cc2ccccc2C1. The van der Waals surface area contributed by atoms with Crippen molar-refractivity contribution in [1.29, 1.82) is 0 Å². The molecule has 0 fully saturated rings. The van der Waals surface area contributed by atoms with Crippen LogP contribution in [0.2, 0.25) is 0 Å². The van der Waals surface area contributed by atoms with Gasteiger partial charge in [-0.3, -0.25) is 0 Å². The lowest BCUT2D eigenvalue weighted by Gasteiger charge is -2.21. The molecule has 2 rings (SSSR count). The smallest absolute Gasteiger partial charge is 0.448 e. The van der Waals surface area contributed by atoms with E-state index >= 15 is 0 Å². The van der Waals surface area contributed by atoms with Crippen LogP contribution in [-0.2, 0) is 11.4 Å². The highest BCUT2D eigenvalue weighted by atomic mass is 16.8. The molecule has 1 aliphatic heterocycles. The molecule has 1 heterocycles. The summed E-state index contributed by atoms with van der Waals surface area (Å²) in [7, 11) is 0. The molecule has 0 saturated heterocycles. The van der Waals surface area contributed by atoms with Gasteiger partial charge in [-0.15, -0.1) is 0 Å². The van der Waals surface area contributed by atoms with Gasteiger partial charge in [0, 0.05) is 6.20 Å². The molecule has 0 amide bonds. The highest BCUT2D eigenvalue weighted by Gasteiger charge is 2.12. The van der Waals surface area contributed by atoms with E-state index in [1.165, 1.54) is 5.06 Å². The Kier molecular flexibility index (Phi) is 2.10. The lowest BCUT2D eigenvalue weighted by molar-refractivity contribution is -0.0882. The van der Waals surface area contributed by atoms with E-state index in [9.17, 15) is 4.79 Å². The lowest BCUT2D eigenvalue weighted by atomic mass is 10.1. The van der Waals surface area contributed by atoms with Crippen LogP contribution in [-0.4, -0.2) is 16.3 Å². The molecule has 0 bridgehead atoms. The molecule has 4 nitrogen and oxygen atoms in total. The number of nitrogens with zero attached hydrogens (tertiary/aromatic N) is 1. The number of hydroxylamine groups is 2. The maximum absolute atomic E-state index is 10.3. The summed E-state index contributed by atoms with van der Waals surface area (Å²) in [6.07, 6.45) is 2.13. The molecule has 72 valence electrons. The molecule has 14 heavy (non-hydrogen) atoms. The first-order valence-electron chi connectivity index (χ1n) is 4.19. The molecule has 0 spiro atoms. The van der Waals surface area contributed by atoms with Crippen molar-refractivity contribution >= 4 is 12.2 Å². The zero-order valence-corrected chi connectivity index (χ0v) is 7.38. The Morgan fingerprint density at radius 1 is 1.43 bits per heavy atom. The summed E-state index contributed by atoms with van der Waals surface area (Å²) in [6.45, 7) is 0.457. The number of rotatable bonds is 1. The van der Waals surface area contributed by atoms with Crippen LogP contribution in [0.3, 0.4) is 0 Å². The Labute approximate surface area is 81.0 Å². The predicted molar refractivity (Wildman–Crippen MR) is 50.1 cm³/mol. The summed E-state index contributed by atoms with van der Waals surface area (Å²) < 4.78 is 0. The Hall–Kier alpha value is -1.97. The van der Waals surface area contributed by atoms with Crippen LogP contribution < -0.4 is 0 Å². The van der Waals surface area contributed by atoms with E-state index in [0.717, 1.165) is 11.1 Å². The molecule has 1 aromatic rings. The molecule has 0 aliphatic carbocycles. The van der Waals surface area contributed by atoms with E-state index in [2.05, 4.69) is 4.84 Å². The van der Waals surface area contributed by atoms with Gasteiger partial charge in [0.2, 0.25) is 0 Å². The molecular formula is C10H9NO3. The van der Waals surface area contributed by atoms with Crippen molar-refractivity contribution < 1.29 is 14.7 Å². The topological polar surface area (TPSA) is 49.8 Å². The predicted octanol–water partition coefficient (Wildman–Crippen LogP) is 2.08. The second-order valence-corrected chi connectivity index (χ2v) is 2.95. The average Bonchev–Trinajstić information content (AvgIpc) is 2.17. The van der Waals surface area contributed by atoms with Gasteiger partial charge in [0.1, 0.15) is 0 Å². The van der Waals surface area contributed by atoms with E-state index < -0.39 is 6.16 Å². The Balaban J connectivity index is 2.17. The van der Waals surface area contributed by atoms with Gasteiger partial charge in [-0.05, 0) is 17.2 Å². The molecule has 4 heteroatoms. The van der Waals surface area contributed by atoms with Crippen molar-refractivity contribution in [2.24, 2.45) is 0 Å². The Morgan fingerprint density at radius 2 is 2.21 bits per heavy atom. The van der Waals surface area contributed by atoms with Gasteiger partial charge in [0.25, 0.3) is 0 Å². The Morgan fingerprint density at radius 3 is 3.00 bits per heavy atom. The largest absolute Gasteiger partial charge is 0.530 e. The van der Waals surface area contributed by atoms with E-state index in [-0.39, 0.29) is 0 Å². The van der Waals surface area contributed by atoms with Crippen LogP contribution in [0.15, 0.2) is 30.5 Å². The number of carboxylic acid groups (broad SMARTS) is 1. The first kappa shape index (κ1) is 8.62. The van der Waals surface area contributed by atoms with Crippen molar-refractivity contribution in [3.05, 3.63) is 41.6 Å². The summed E-state index contributed by atoms with van der Waals surface area (Å²) in [4.78, 5) is 14.8. The zero-order valence-electron chi connectivity index (χ0n) is 7.38. The number of benzene rings is 1. The summed E-state index contributed by atoms with van der Waals surface area (Å²) in [5.41, 5.74) is 2.15. The van der Waals surface area contributed by atoms with Gasteiger partial charge in [-0.1, -0.05) is 24.3 Å². The molecule has 0 unspecified atom stereocenters. The summed E-state index contributed by atoms with van der Waals surface area (Å²) in [5.74, 6) is 0. The zero-order chi connectivity index (χ0) is 9.97. The lowest BCUT2D eigenvalue weighted by Crippen LogP contribution is -2.23. The number of carbonyl (C=O) groups is 1. The quantitative estimate of drug-likeness (QED) is 0.738. The van der Waals surface area contributed by atoms with Crippen molar-refractivity contribution in [3.63, 3.8) is 0 Å². The number of hydrogen-bond acceptors (Lipinski definition) is 3. The van der Waals surface area contributed by atoms with Crippen molar-refractivity contribution in [2.75, 3.05) is 0 Å². The van der Waals surface area contributed by atoms with Crippen molar-refractivity contribution in [2.45, 2.75) is 6.54 Å². The summed E-state index contributed by atoms with van der Waals surface area (Å²) in [5, 5.41) is 9.70. The molecule has 0 radical (unpaired) electrons. The van der Waals surface area contributed by atoms with Crippen molar-refractivity contribution in [1.82, 2.24) is 5.06 Å². The van der Waals surface area contributed by atoms with Crippen LogP contribution in [0.4, 0.5) is 4.79 Å². The first-order chi connectivity index (χ1) is 6.75. The van der Waals surface area contributed by atoms with Gasteiger partial charge < -0.3 is 9.94 Å². The van der Waals surface area contributed by atoms with Crippen LogP contribution in [0.25, 0.3) is 6.08 Å². The molecule has 1 N–H and O–H groups in total. The van der Waals surface area contributed by atoms with Gasteiger partial charge in [-0.25, -0.2) is 9.86 Å². The fraction of sp³-hybridized carbons (Fsp3) is 0.100. The monoisotopic (exact) mass is 191 g/mol. The standard InChI is InChI=1S/C10H9NO3/c12-10(13)14-11-6-5-8-3-1-2-4-9(8)7-11/h1-6H,7H2,(H,12,13). The minimum Gasteiger partial charge on any atom is -0.448 e. The van der Waals surface area contributed by atoms with Crippen LogP contribution in [0.1, 0.15) is 11.1 Å². The number of hydrogen-bond donors (Lipinski definition) is 1. The second kappa shape index (κ2) is 3.41. The van der Waals surface area contributed by atoms with E-state index in [4.69, 9.17) is 5.11 Å². The van der Waals surface area contributed by atoms with Crippen LogP contribution in [0, 0.1) is 0 Å². The number of fused-ring (bicyclic) bond motifs is 1. The fourth-order valence-corrected chi connectivity index (χ4v) is 1.39. The minimum absolute atomic E-state index is 0.457. The van der Waals surface area contributed by atoms with Crippen molar-refractivity contribution in [3.8, 4) is 0 Å². The molecule has 0 atom stereocenters. The van der Waals surface area contributed by atoms with Crippen LogP contribution >= 0.6 is 0 Å². The van der Waals surface area contributed by atoms with Gasteiger partial charge >= 0.3 is 6.16 Å². The average molecular weight is 191 g/mol. The molecule has 0 aromatic heterocycles. The van der Waals surface area contributed by atoms with Gasteiger partial charge in [0.15, 0.2) is 0 Å². The second-order valence-electron chi connectivity index (χ2n) is 2.95. The molecular weight excluding hydrogens is 182 g/mol. The normalized spacial score (nSPS) is 13.6. The third kappa shape index (κ3) is 1.69. The summed E-state index contributed by atoms with van der Waals surface area (Å²) >= 11 is 0. The van der Waals surface area contributed by atoms with Crippen LogP contribution in [0.5, 0.6) is 0 Å². The maximum atomic E-state index is 10.3. The highest BCUT2D eigenvalue weighted by Crippen LogP contribution is 2.19. The highest BCUT2D eigenvalue weighted by molar-refractivity contribution is 5.58. The minimum atomic E-state index is -1.30.